The van der Waals surface area contributed by atoms with Crippen molar-refractivity contribution in [1.82, 2.24) is 4.90 Å². The predicted molar refractivity (Wildman–Crippen MR) is 55.6 cm³/mol. The molecule has 0 saturated carbocycles. The van der Waals surface area contributed by atoms with Gasteiger partial charge in [-0.05, 0) is 0 Å². The lowest BCUT2D eigenvalue weighted by Crippen LogP contribution is -2.39. The quantitative estimate of drug-likeness (QED) is 0.271. The highest BCUT2D eigenvalue weighted by molar-refractivity contribution is 6.66. The van der Waals surface area contributed by atoms with Gasteiger partial charge in [-0.3, -0.25) is 19.5 Å². The number of hydrogen-bond donors (Lipinski definition) is 2. The minimum atomic E-state index is -0.703. The summed E-state index contributed by atoms with van der Waals surface area (Å²) in [7, 11) is 2.64. The topological polar surface area (TPSA) is 108 Å². The Hall–Kier alpha value is -2.18. The second kappa shape index (κ2) is 6.30. The molecule has 0 rings (SSSR count). The molecule has 0 fully saturated rings. The molecular formula is C8H12N4O3. The van der Waals surface area contributed by atoms with Gasteiger partial charge in [-0.1, -0.05) is 0 Å². The lowest BCUT2D eigenvalue weighted by molar-refractivity contribution is -0.131. The van der Waals surface area contributed by atoms with Gasteiger partial charge in [0, 0.05) is 14.1 Å². The van der Waals surface area contributed by atoms with E-state index in [1.54, 1.807) is 0 Å². The van der Waals surface area contributed by atoms with E-state index in [9.17, 15) is 9.59 Å². The number of hydrogen-bond acceptors (Lipinski definition) is 5. The number of carbonyl (C=O) groups is 2. The molecule has 0 aromatic heterocycles. The van der Waals surface area contributed by atoms with Crippen molar-refractivity contribution in [3.05, 3.63) is 12.5 Å². The van der Waals surface area contributed by atoms with Crippen LogP contribution in [0.4, 0.5) is 0 Å². The molecule has 0 atom stereocenters. The maximum absolute atomic E-state index is 11.5. The van der Waals surface area contributed by atoms with Gasteiger partial charge in [-0.2, -0.15) is 0 Å². The minimum absolute atomic E-state index is 0.119. The monoisotopic (exact) mass is 212 g/mol. The van der Waals surface area contributed by atoms with Crippen LogP contribution in [0.5, 0.6) is 0 Å². The summed E-state index contributed by atoms with van der Waals surface area (Å²) in [5, 5.41) is 8.38. The second-order valence-corrected chi connectivity index (χ2v) is 2.41. The number of carbonyl (C=O) groups excluding carboxylic acids is 2. The Labute approximate surface area is 86.6 Å². The van der Waals surface area contributed by atoms with Gasteiger partial charge < -0.3 is 10.8 Å². The van der Waals surface area contributed by atoms with E-state index in [1.165, 1.54) is 14.1 Å². The van der Waals surface area contributed by atoms with Crippen LogP contribution in [0.3, 0.4) is 0 Å². The van der Waals surface area contributed by atoms with E-state index in [2.05, 4.69) is 9.98 Å². The summed E-state index contributed by atoms with van der Waals surface area (Å²) >= 11 is 0. The van der Waals surface area contributed by atoms with E-state index >= 15 is 0 Å². The Morgan fingerprint density at radius 2 is 2.13 bits per heavy atom. The average Bonchev–Trinajstić information content (AvgIpc) is 2.27. The number of amidine groups is 1. The summed E-state index contributed by atoms with van der Waals surface area (Å²) in [6, 6.07) is 0. The van der Waals surface area contributed by atoms with Crippen LogP contribution in [0, 0.1) is 0 Å². The van der Waals surface area contributed by atoms with E-state index in [-0.39, 0.29) is 11.5 Å². The van der Waals surface area contributed by atoms with Crippen LogP contribution < -0.4 is 5.73 Å². The molecule has 0 saturated heterocycles. The number of nitrogens with zero attached hydrogens (tertiary/aromatic N) is 3. The first kappa shape index (κ1) is 12.8. The van der Waals surface area contributed by atoms with Crippen LogP contribution in [0.2, 0.25) is 0 Å². The summed E-state index contributed by atoms with van der Waals surface area (Å²) in [4.78, 5) is 29.7. The van der Waals surface area contributed by atoms with E-state index in [1.807, 2.05) is 0 Å². The van der Waals surface area contributed by atoms with Crippen LogP contribution in [0.15, 0.2) is 22.4 Å². The average molecular weight is 212 g/mol. The molecule has 0 aliphatic rings. The molecule has 0 aromatic rings. The Kier molecular flexibility index (Phi) is 5.38. The van der Waals surface area contributed by atoms with Gasteiger partial charge in [-0.15, -0.1) is 0 Å². The normalized spacial score (nSPS) is 12.9. The molecule has 82 valence electrons. The highest BCUT2D eigenvalue weighted by atomic mass is 16.2. The zero-order valence-corrected chi connectivity index (χ0v) is 8.41. The molecule has 0 aliphatic heterocycles. The highest BCUT2D eigenvalue weighted by Gasteiger charge is 2.18. The largest absolute Gasteiger partial charge is 0.514 e. The Morgan fingerprint density at radius 3 is 2.53 bits per heavy atom. The van der Waals surface area contributed by atoms with Crippen molar-refractivity contribution in [2.75, 3.05) is 14.1 Å². The van der Waals surface area contributed by atoms with Gasteiger partial charge in [0.1, 0.15) is 5.84 Å². The third kappa shape index (κ3) is 3.59. The van der Waals surface area contributed by atoms with Crippen molar-refractivity contribution >= 4 is 23.9 Å². The molecule has 0 aliphatic carbocycles. The Balaban J connectivity index is 5.12. The number of nitrogens with two attached hydrogens (primary N) is 1. The molecule has 0 spiro atoms. The lowest BCUT2D eigenvalue weighted by atomic mass is 10.3. The van der Waals surface area contributed by atoms with E-state index in [4.69, 9.17) is 10.8 Å². The summed E-state index contributed by atoms with van der Waals surface area (Å²) in [5.41, 5.74) is 5.18. The van der Waals surface area contributed by atoms with Crippen molar-refractivity contribution in [2.24, 2.45) is 15.7 Å². The lowest BCUT2D eigenvalue weighted by Gasteiger charge is -2.09. The molecule has 7 nitrogen and oxygen atoms in total. The van der Waals surface area contributed by atoms with Crippen LogP contribution in [-0.4, -0.2) is 48.0 Å². The van der Waals surface area contributed by atoms with Crippen LogP contribution in [0.25, 0.3) is 0 Å². The number of amides is 2. The first-order valence-corrected chi connectivity index (χ1v) is 3.90. The molecule has 3 N–H and O–H groups in total. The molecule has 0 bridgehead atoms. The first-order chi connectivity index (χ1) is 7.08. The van der Waals surface area contributed by atoms with Crippen molar-refractivity contribution in [3.63, 3.8) is 0 Å². The Morgan fingerprint density at radius 1 is 1.53 bits per heavy atom. The Bertz CT molecular complexity index is 333. The molecular weight excluding hydrogens is 200 g/mol. The van der Waals surface area contributed by atoms with Gasteiger partial charge in [0.2, 0.25) is 6.41 Å². The van der Waals surface area contributed by atoms with Crippen LogP contribution in [0.1, 0.15) is 0 Å². The first-order valence-electron chi connectivity index (χ1n) is 3.90. The van der Waals surface area contributed by atoms with Gasteiger partial charge >= 0.3 is 0 Å². The smallest absolute Gasteiger partial charge is 0.282 e. The van der Waals surface area contributed by atoms with E-state index in [0.717, 1.165) is 11.1 Å². The van der Waals surface area contributed by atoms with Crippen molar-refractivity contribution in [2.45, 2.75) is 0 Å². The van der Waals surface area contributed by atoms with E-state index in [0.29, 0.717) is 12.7 Å². The third-order valence-corrected chi connectivity index (χ3v) is 1.43. The zero-order chi connectivity index (χ0) is 11.8. The molecule has 7 heteroatoms. The highest BCUT2D eigenvalue weighted by Crippen LogP contribution is 1.89. The number of aliphatic hydroxyl groups excluding tert-OH is 1. The SMILES string of the molecule is CN=C(N)C(=NC=CO)C(=O)N(C)C=O. The zero-order valence-electron chi connectivity index (χ0n) is 8.41. The standard InChI is InChI=1S/C8H12N4O3/c1-10-7(9)6(11-3-4-13)8(15)12(2)5-14/h3-5,13H,1-2H3,(H2,9,10). The molecule has 2 amide bonds. The number of aliphatic imine (C=N–C) groups is 2. The van der Waals surface area contributed by atoms with Crippen LogP contribution >= 0.6 is 0 Å². The van der Waals surface area contributed by atoms with Gasteiger partial charge in [0.25, 0.3) is 5.91 Å². The van der Waals surface area contributed by atoms with Gasteiger partial charge in [-0.25, -0.2) is 4.99 Å². The van der Waals surface area contributed by atoms with Crippen molar-refractivity contribution in [3.8, 4) is 0 Å². The molecule has 0 unspecified atom stereocenters. The molecule has 15 heavy (non-hydrogen) atoms. The second-order valence-electron chi connectivity index (χ2n) is 2.41. The number of rotatable bonds is 4. The summed E-state index contributed by atoms with van der Waals surface area (Å²) in [5.74, 6) is -0.821. The van der Waals surface area contributed by atoms with Crippen LogP contribution in [-0.2, 0) is 9.59 Å². The summed E-state index contributed by atoms with van der Waals surface area (Å²) in [6.45, 7) is 0. The van der Waals surface area contributed by atoms with Gasteiger partial charge in [0.05, 0.1) is 12.5 Å². The maximum Gasteiger partial charge on any atom is 0.282 e. The minimum Gasteiger partial charge on any atom is -0.514 e. The third-order valence-electron chi connectivity index (χ3n) is 1.43. The molecule has 0 radical (unpaired) electrons. The number of aliphatic hydroxyl groups is 1. The number of imide groups is 1. The molecule has 0 aromatic carbocycles. The predicted octanol–water partition coefficient (Wildman–Crippen LogP) is -0.942. The fourth-order valence-corrected chi connectivity index (χ4v) is 0.660. The molecule has 0 heterocycles. The fraction of sp³-hybridized carbons (Fsp3) is 0.250. The van der Waals surface area contributed by atoms with Gasteiger partial charge in [0.15, 0.2) is 5.71 Å². The fourth-order valence-electron chi connectivity index (χ4n) is 0.660. The maximum atomic E-state index is 11.5. The van der Waals surface area contributed by atoms with Crippen molar-refractivity contribution < 1.29 is 14.7 Å². The van der Waals surface area contributed by atoms with E-state index < -0.39 is 5.91 Å². The van der Waals surface area contributed by atoms with Crippen molar-refractivity contribution in [1.29, 1.82) is 0 Å². The summed E-state index contributed by atoms with van der Waals surface area (Å²) in [6.07, 6.45) is 1.92. The summed E-state index contributed by atoms with van der Waals surface area (Å²) < 4.78 is 0.